The lowest BCUT2D eigenvalue weighted by Gasteiger charge is -2.07. The zero-order chi connectivity index (χ0) is 22.4. The molecular formula is C22H22N2O6S. The van der Waals surface area contributed by atoms with Gasteiger partial charge in [0.05, 0.1) is 22.5 Å². The van der Waals surface area contributed by atoms with Crippen molar-refractivity contribution >= 4 is 38.7 Å². The zero-order valence-corrected chi connectivity index (χ0v) is 17.9. The van der Waals surface area contributed by atoms with Crippen molar-refractivity contribution in [1.29, 1.82) is 0 Å². The monoisotopic (exact) mass is 442 g/mol. The summed E-state index contributed by atoms with van der Waals surface area (Å²) in [4.78, 5) is 24.8. The summed E-state index contributed by atoms with van der Waals surface area (Å²) in [6, 6.07) is 11.0. The van der Waals surface area contributed by atoms with Gasteiger partial charge in [0.15, 0.2) is 5.43 Å². The number of anilines is 1. The van der Waals surface area contributed by atoms with Crippen LogP contribution in [0, 0.1) is 6.92 Å². The predicted octanol–water partition coefficient (Wildman–Crippen LogP) is 2.68. The maximum atomic E-state index is 12.6. The van der Waals surface area contributed by atoms with E-state index in [1.54, 1.807) is 12.1 Å². The minimum absolute atomic E-state index is 0.0706. The summed E-state index contributed by atoms with van der Waals surface area (Å²) < 4.78 is 37.0. The van der Waals surface area contributed by atoms with Crippen molar-refractivity contribution < 1.29 is 22.4 Å². The van der Waals surface area contributed by atoms with Crippen LogP contribution < -0.4 is 15.5 Å². The Morgan fingerprint density at radius 2 is 1.90 bits per heavy atom. The van der Waals surface area contributed by atoms with E-state index in [2.05, 4.69) is 10.0 Å². The van der Waals surface area contributed by atoms with Gasteiger partial charge in [-0.25, -0.2) is 13.1 Å². The maximum absolute atomic E-state index is 12.6. The Kier molecular flexibility index (Phi) is 7.01. The van der Waals surface area contributed by atoms with Crippen LogP contribution in [0.2, 0.25) is 0 Å². The molecule has 2 aromatic carbocycles. The van der Waals surface area contributed by atoms with Crippen molar-refractivity contribution in [3.8, 4) is 0 Å². The number of ether oxygens (including phenoxy) is 1. The van der Waals surface area contributed by atoms with E-state index in [9.17, 15) is 18.0 Å². The van der Waals surface area contributed by atoms with Crippen LogP contribution in [0.15, 0.2) is 68.9 Å². The summed E-state index contributed by atoms with van der Waals surface area (Å²) in [6.07, 6.45) is 3.90. The summed E-state index contributed by atoms with van der Waals surface area (Å²) >= 11 is 0. The first kappa shape index (κ1) is 22.4. The van der Waals surface area contributed by atoms with Crippen LogP contribution in [-0.2, 0) is 19.6 Å². The van der Waals surface area contributed by atoms with Crippen molar-refractivity contribution in [3.63, 3.8) is 0 Å². The third-order valence-corrected chi connectivity index (χ3v) is 5.88. The Labute approximate surface area is 179 Å². The number of amides is 1. The number of methoxy groups -OCH3 is 1. The lowest BCUT2D eigenvalue weighted by atomic mass is 10.1. The Morgan fingerprint density at radius 3 is 2.61 bits per heavy atom. The van der Waals surface area contributed by atoms with Gasteiger partial charge in [-0.3, -0.25) is 9.59 Å². The molecule has 162 valence electrons. The molecular weight excluding hydrogens is 420 g/mol. The van der Waals surface area contributed by atoms with E-state index in [4.69, 9.17) is 9.15 Å². The summed E-state index contributed by atoms with van der Waals surface area (Å²) in [5.74, 6) is -0.474. The van der Waals surface area contributed by atoms with Gasteiger partial charge in [0.2, 0.25) is 15.9 Å². The third kappa shape index (κ3) is 5.66. The van der Waals surface area contributed by atoms with Crippen molar-refractivity contribution in [2.75, 3.05) is 25.6 Å². The van der Waals surface area contributed by atoms with Crippen molar-refractivity contribution in [2.24, 2.45) is 0 Å². The molecule has 31 heavy (non-hydrogen) atoms. The molecule has 1 aromatic heterocycles. The lowest BCUT2D eigenvalue weighted by Crippen LogP contribution is -2.27. The summed E-state index contributed by atoms with van der Waals surface area (Å²) in [7, 11) is -2.17. The maximum Gasteiger partial charge on any atom is 0.248 e. The molecule has 3 aromatic rings. The number of aryl methyl sites for hydroxylation is 1. The van der Waals surface area contributed by atoms with Crippen molar-refractivity contribution in [1.82, 2.24) is 4.72 Å². The third-order valence-electron chi connectivity index (χ3n) is 4.40. The number of hydrogen-bond acceptors (Lipinski definition) is 6. The Bertz CT molecular complexity index is 1280. The molecule has 0 bridgehead atoms. The molecule has 0 spiro atoms. The summed E-state index contributed by atoms with van der Waals surface area (Å²) in [5.41, 5.74) is 1.83. The number of benzene rings is 2. The van der Waals surface area contributed by atoms with Gasteiger partial charge in [-0.05, 0) is 49.4 Å². The first-order chi connectivity index (χ1) is 14.8. The number of nitrogens with one attached hydrogen (secondary N) is 2. The number of hydrogen-bond donors (Lipinski definition) is 2. The second-order valence-corrected chi connectivity index (χ2v) is 8.52. The average molecular weight is 442 g/mol. The summed E-state index contributed by atoms with van der Waals surface area (Å²) in [6.45, 7) is 2.29. The fourth-order valence-corrected chi connectivity index (χ4v) is 3.82. The van der Waals surface area contributed by atoms with E-state index in [0.717, 1.165) is 5.56 Å². The van der Waals surface area contributed by atoms with Crippen LogP contribution in [0.25, 0.3) is 17.0 Å². The lowest BCUT2D eigenvalue weighted by molar-refractivity contribution is -0.111. The number of fused-ring (bicyclic) bond motifs is 1. The van der Waals surface area contributed by atoms with Crippen LogP contribution in [0.5, 0.6) is 0 Å². The van der Waals surface area contributed by atoms with Gasteiger partial charge in [0.25, 0.3) is 0 Å². The van der Waals surface area contributed by atoms with E-state index in [-0.39, 0.29) is 29.0 Å². The van der Waals surface area contributed by atoms with E-state index in [1.165, 1.54) is 49.8 Å². The summed E-state index contributed by atoms with van der Waals surface area (Å²) in [5, 5.41) is 3.06. The number of rotatable bonds is 8. The van der Waals surface area contributed by atoms with Crippen molar-refractivity contribution in [3.05, 3.63) is 76.2 Å². The Balaban J connectivity index is 1.68. The molecule has 9 heteroatoms. The van der Waals surface area contributed by atoms with Gasteiger partial charge in [-0.1, -0.05) is 11.6 Å². The van der Waals surface area contributed by atoms with Crippen molar-refractivity contribution in [2.45, 2.75) is 11.8 Å². The molecule has 8 nitrogen and oxygen atoms in total. The topological polar surface area (TPSA) is 115 Å². The number of carbonyl (C=O) groups excluding carboxylic acids is 1. The molecule has 0 aliphatic carbocycles. The van der Waals surface area contributed by atoms with Gasteiger partial charge in [0.1, 0.15) is 11.8 Å². The molecule has 0 saturated heterocycles. The smallest absolute Gasteiger partial charge is 0.248 e. The number of sulfonamides is 1. The van der Waals surface area contributed by atoms with Crippen LogP contribution in [0.3, 0.4) is 0 Å². The van der Waals surface area contributed by atoms with Crippen LogP contribution in [-0.4, -0.2) is 34.6 Å². The highest BCUT2D eigenvalue weighted by Gasteiger charge is 2.13. The molecule has 1 amide bonds. The zero-order valence-electron chi connectivity index (χ0n) is 17.0. The SMILES string of the molecule is COCCNS(=O)(=O)c1ccc(NC(=O)/C=C/c2coc3ccc(C)cc3c2=O)cc1. The molecule has 0 fully saturated rings. The molecule has 2 N–H and O–H groups in total. The van der Waals surface area contributed by atoms with E-state index >= 15 is 0 Å². The highest BCUT2D eigenvalue weighted by molar-refractivity contribution is 7.89. The second-order valence-electron chi connectivity index (χ2n) is 6.76. The quantitative estimate of drug-likeness (QED) is 0.409. The highest BCUT2D eigenvalue weighted by atomic mass is 32.2. The predicted molar refractivity (Wildman–Crippen MR) is 118 cm³/mol. The first-order valence-electron chi connectivity index (χ1n) is 9.40. The Hall–Kier alpha value is -3.27. The fraction of sp³-hybridized carbons (Fsp3) is 0.182. The second kappa shape index (κ2) is 9.69. The Morgan fingerprint density at radius 1 is 1.16 bits per heavy atom. The van der Waals surface area contributed by atoms with Gasteiger partial charge < -0.3 is 14.5 Å². The molecule has 3 rings (SSSR count). The van der Waals surface area contributed by atoms with Gasteiger partial charge in [-0.2, -0.15) is 0 Å². The average Bonchev–Trinajstić information content (AvgIpc) is 2.74. The van der Waals surface area contributed by atoms with Crippen LogP contribution in [0.1, 0.15) is 11.1 Å². The molecule has 0 aliphatic heterocycles. The van der Waals surface area contributed by atoms with Crippen LogP contribution in [0.4, 0.5) is 5.69 Å². The van der Waals surface area contributed by atoms with E-state index in [0.29, 0.717) is 16.7 Å². The highest BCUT2D eigenvalue weighted by Crippen LogP contribution is 2.15. The largest absolute Gasteiger partial charge is 0.463 e. The van der Waals surface area contributed by atoms with E-state index < -0.39 is 15.9 Å². The van der Waals surface area contributed by atoms with Gasteiger partial charge >= 0.3 is 0 Å². The van der Waals surface area contributed by atoms with E-state index in [1.807, 2.05) is 13.0 Å². The minimum atomic E-state index is -3.65. The minimum Gasteiger partial charge on any atom is -0.463 e. The molecule has 0 saturated carbocycles. The molecule has 0 radical (unpaired) electrons. The standard InChI is InChI=1S/C22H22N2O6S/c1-15-3-9-20-19(13-15)22(26)16(14-30-20)4-10-21(25)24-17-5-7-18(8-6-17)31(27,28)23-11-12-29-2/h3-10,13-14,23H,11-12H2,1-2H3,(H,24,25)/b10-4+. The fourth-order valence-electron chi connectivity index (χ4n) is 2.80. The molecule has 0 atom stereocenters. The van der Waals surface area contributed by atoms with Crippen LogP contribution >= 0.6 is 0 Å². The van der Waals surface area contributed by atoms with Gasteiger partial charge in [0, 0.05) is 25.4 Å². The normalized spacial score (nSPS) is 11.8. The van der Waals surface area contributed by atoms with Gasteiger partial charge in [-0.15, -0.1) is 0 Å². The molecule has 0 aliphatic rings. The molecule has 0 unspecified atom stereocenters. The molecule has 1 heterocycles. The number of carbonyl (C=O) groups is 1. The first-order valence-corrected chi connectivity index (χ1v) is 10.9.